The Bertz CT molecular complexity index is 838. The molecule has 0 bridgehead atoms. The number of nitrogens with zero attached hydrogens (tertiary/aromatic N) is 3. The van der Waals surface area contributed by atoms with Crippen LogP contribution in [0.4, 0.5) is 5.82 Å². The van der Waals surface area contributed by atoms with Crippen LogP contribution in [0.5, 0.6) is 0 Å². The third-order valence-electron chi connectivity index (χ3n) is 3.31. The van der Waals surface area contributed by atoms with Crippen LogP contribution < -0.4 is 10.8 Å². The summed E-state index contributed by atoms with van der Waals surface area (Å²) in [6, 6.07) is 7.19. The van der Waals surface area contributed by atoms with Gasteiger partial charge in [0.1, 0.15) is 12.4 Å². The van der Waals surface area contributed by atoms with Crippen LogP contribution in [0.3, 0.4) is 0 Å². The first-order valence-electron chi connectivity index (χ1n) is 7.63. The first-order chi connectivity index (χ1) is 12.2. The Hall–Kier alpha value is -2.84. The van der Waals surface area contributed by atoms with Crippen molar-refractivity contribution in [2.45, 2.75) is 20.1 Å². The van der Waals surface area contributed by atoms with E-state index in [1.807, 2.05) is 24.4 Å². The molecule has 8 heteroatoms. The predicted molar refractivity (Wildman–Crippen MR) is 94.9 cm³/mol. The smallest absolute Gasteiger partial charge is 0.278 e. The van der Waals surface area contributed by atoms with Gasteiger partial charge in [0.2, 0.25) is 0 Å². The van der Waals surface area contributed by atoms with Crippen molar-refractivity contribution in [3.05, 3.63) is 70.1 Å². The Kier molecular flexibility index (Phi) is 5.65. The van der Waals surface area contributed by atoms with Crippen molar-refractivity contribution in [1.29, 1.82) is 0 Å². The number of pyridine rings is 2. The number of aromatic nitrogens is 3. The third-order valence-corrected chi connectivity index (χ3v) is 4.14. The summed E-state index contributed by atoms with van der Waals surface area (Å²) in [5, 5.41) is 6.01. The maximum Gasteiger partial charge on any atom is 0.278 e. The number of carbonyl (C=O) groups is 1. The third kappa shape index (κ3) is 4.82. The van der Waals surface area contributed by atoms with E-state index in [1.165, 1.54) is 11.3 Å². The van der Waals surface area contributed by atoms with Gasteiger partial charge in [-0.1, -0.05) is 0 Å². The standard InChI is InChI=1S/C17H17N5O2S/c1-12-21-14(11-25-12)10-24-22-17(23)15-3-2-6-19-16(15)20-9-13-4-7-18-8-5-13/h2-8,11H,9-10H2,1H3,(H,19,20)(H,22,23). The Morgan fingerprint density at radius 2 is 2.08 bits per heavy atom. The zero-order chi connectivity index (χ0) is 17.5. The highest BCUT2D eigenvalue weighted by atomic mass is 32.1. The molecule has 0 spiro atoms. The van der Waals surface area contributed by atoms with Crippen molar-refractivity contribution in [2.75, 3.05) is 5.32 Å². The average molecular weight is 355 g/mol. The van der Waals surface area contributed by atoms with E-state index in [9.17, 15) is 4.79 Å². The highest BCUT2D eigenvalue weighted by molar-refractivity contribution is 7.09. The molecule has 0 atom stereocenters. The van der Waals surface area contributed by atoms with E-state index in [0.717, 1.165) is 16.3 Å². The molecular weight excluding hydrogens is 338 g/mol. The monoisotopic (exact) mass is 355 g/mol. The van der Waals surface area contributed by atoms with Crippen LogP contribution in [-0.4, -0.2) is 20.9 Å². The number of thiazole rings is 1. The number of rotatable bonds is 7. The molecule has 0 radical (unpaired) electrons. The van der Waals surface area contributed by atoms with E-state index in [2.05, 4.69) is 25.7 Å². The van der Waals surface area contributed by atoms with Gasteiger partial charge in [-0.3, -0.25) is 14.6 Å². The summed E-state index contributed by atoms with van der Waals surface area (Å²) >= 11 is 1.54. The van der Waals surface area contributed by atoms with Gasteiger partial charge >= 0.3 is 0 Å². The minimum Gasteiger partial charge on any atom is -0.365 e. The number of hydrogen-bond acceptors (Lipinski definition) is 7. The fourth-order valence-corrected chi connectivity index (χ4v) is 2.72. The van der Waals surface area contributed by atoms with Gasteiger partial charge in [0.25, 0.3) is 5.91 Å². The van der Waals surface area contributed by atoms with Crippen LogP contribution >= 0.6 is 11.3 Å². The molecule has 3 aromatic rings. The lowest BCUT2D eigenvalue weighted by Crippen LogP contribution is -2.25. The lowest BCUT2D eigenvalue weighted by molar-refractivity contribution is 0.0224. The number of carbonyl (C=O) groups excluding carboxylic acids is 1. The fraction of sp³-hybridized carbons (Fsp3) is 0.176. The fourth-order valence-electron chi connectivity index (χ4n) is 2.12. The van der Waals surface area contributed by atoms with Gasteiger partial charge in [0, 0.05) is 30.5 Å². The second-order valence-corrected chi connectivity index (χ2v) is 6.25. The number of hydroxylamine groups is 1. The molecule has 2 N–H and O–H groups in total. The lowest BCUT2D eigenvalue weighted by Gasteiger charge is -2.11. The Morgan fingerprint density at radius 1 is 1.24 bits per heavy atom. The summed E-state index contributed by atoms with van der Waals surface area (Å²) in [7, 11) is 0. The molecule has 1 amide bonds. The average Bonchev–Trinajstić information content (AvgIpc) is 3.06. The highest BCUT2D eigenvalue weighted by Gasteiger charge is 2.12. The topological polar surface area (TPSA) is 89.0 Å². The Balaban J connectivity index is 1.58. The van der Waals surface area contributed by atoms with Gasteiger partial charge in [-0.05, 0) is 36.8 Å². The molecule has 0 aliphatic rings. The Labute approximate surface area is 149 Å². The molecule has 3 rings (SSSR count). The van der Waals surface area contributed by atoms with Gasteiger partial charge in [-0.15, -0.1) is 11.3 Å². The summed E-state index contributed by atoms with van der Waals surface area (Å²) in [5.74, 6) is 0.127. The summed E-state index contributed by atoms with van der Waals surface area (Å²) in [5.41, 5.74) is 4.67. The number of amides is 1. The molecule has 0 fully saturated rings. The molecule has 128 valence electrons. The largest absolute Gasteiger partial charge is 0.365 e. The van der Waals surface area contributed by atoms with Gasteiger partial charge in [-0.2, -0.15) is 0 Å². The zero-order valence-corrected chi connectivity index (χ0v) is 14.4. The minimum atomic E-state index is -0.364. The first-order valence-corrected chi connectivity index (χ1v) is 8.51. The molecule has 0 aliphatic carbocycles. The summed E-state index contributed by atoms with van der Waals surface area (Å²) in [4.78, 5) is 30.1. The van der Waals surface area contributed by atoms with Gasteiger partial charge in [0.15, 0.2) is 0 Å². The molecule has 25 heavy (non-hydrogen) atoms. The molecule has 0 unspecified atom stereocenters. The maximum atomic E-state index is 12.3. The van der Waals surface area contributed by atoms with Crippen LogP contribution in [0.2, 0.25) is 0 Å². The van der Waals surface area contributed by atoms with Crippen LogP contribution in [0.25, 0.3) is 0 Å². The zero-order valence-electron chi connectivity index (χ0n) is 13.6. The number of nitrogens with one attached hydrogen (secondary N) is 2. The normalized spacial score (nSPS) is 10.4. The minimum absolute atomic E-state index is 0.218. The summed E-state index contributed by atoms with van der Waals surface area (Å²) in [6.45, 7) is 2.68. The van der Waals surface area contributed by atoms with Crippen LogP contribution in [0.15, 0.2) is 48.2 Å². The first kappa shape index (κ1) is 17.0. The molecule has 0 saturated carbocycles. The number of aryl methyl sites for hydroxylation is 1. The van der Waals surface area contributed by atoms with Gasteiger partial charge in [0.05, 0.1) is 16.3 Å². The second kappa shape index (κ2) is 8.32. The molecular formula is C17H17N5O2S. The van der Waals surface area contributed by atoms with Crippen molar-refractivity contribution in [3.63, 3.8) is 0 Å². The Morgan fingerprint density at radius 3 is 2.84 bits per heavy atom. The van der Waals surface area contributed by atoms with Gasteiger partial charge in [-0.25, -0.2) is 15.4 Å². The van der Waals surface area contributed by atoms with E-state index in [0.29, 0.717) is 17.9 Å². The molecule has 0 saturated heterocycles. The molecule has 0 aromatic carbocycles. The van der Waals surface area contributed by atoms with E-state index < -0.39 is 0 Å². The van der Waals surface area contributed by atoms with Crippen molar-refractivity contribution in [2.24, 2.45) is 0 Å². The maximum absolute atomic E-state index is 12.3. The van der Waals surface area contributed by atoms with E-state index in [4.69, 9.17) is 4.84 Å². The quantitative estimate of drug-likeness (QED) is 0.634. The van der Waals surface area contributed by atoms with E-state index >= 15 is 0 Å². The van der Waals surface area contributed by atoms with Crippen molar-refractivity contribution >= 4 is 23.1 Å². The lowest BCUT2D eigenvalue weighted by atomic mass is 10.2. The van der Waals surface area contributed by atoms with Crippen LogP contribution in [0, 0.1) is 6.92 Å². The molecule has 3 aromatic heterocycles. The summed E-state index contributed by atoms with van der Waals surface area (Å²) < 4.78 is 0. The highest BCUT2D eigenvalue weighted by Crippen LogP contribution is 2.13. The van der Waals surface area contributed by atoms with E-state index in [1.54, 1.807) is 30.7 Å². The van der Waals surface area contributed by atoms with Crippen LogP contribution in [-0.2, 0) is 18.0 Å². The van der Waals surface area contributed by atoms with Crippen LogP contribution in [0.1, 0.15) is 26.6 Å². The van der Waals surface area contributed by atoms with Gasteiger partial charge < -0.3 is 5.32 Å². The van der Waals surface area contributed by atoms with Crippen molar-refractivity contribution in [3.8, 4) is 0 Å². The molecule has 3 heterocycles. The van der Waals surface area contributed by atoms with Crippen molar-refractivity contribution < 1.29 is 9.63 Å². The summed E-state index contributed by atoms with van der Waals surface area (Å²) in [6.07, 6.45) is 5.07. The number of anilines is 1. The molecule has 7 nitrogen and oxygen atoms in total. The number of hydrogen-bond donors (Lipinski definition) is 2. The van der Waals surface area contributed by atoms with E-state index in [-0.39, 0.29) is 12.5 Å². The van der Waals surface area contributed by atoms with Crippen molar-refractivity contribution in [1.82, 2.24) is 20.4 Å². The predicted octanol–water partition coefficient (Wildman–Crippen LogP) is 2.72. The SMILES string of the molecule is Cc1nc(CONC(=O)c2cccnc2NCc2ccncc2)cs1. The molecule has 0 aliphatic heterocycles. The second-order valence-electron chi connectivity index (χ2n) is 5.19.